The molecule has 0 saturated heterocycles. The van der Waals surface area contributed by atoms with Crippen molar-refractivity contribution in [2.45, 2.75) is 46.6 Å². The second kappa shape index (κ2) is 7.47. The van der Waals surface area contributed by atoms with Crippen LogP contribution in [0.15, 0.2) is 29.1 Å². The first-order valence-electron chi connectivity index (χ1n) is 9.73. The molecular formula is C21H24N4O2S. The molecule has 0 unspecified atom stereocenters. The molecule has 0 N–H and O–H groups in total. The summed E-state index contributed by atoms with van der Waals surface area (Å²) in [6.45, 7) is 6.57. The summed E-state index contributed by atoms with van der Waals surface area (Å²) in [4.78, 5) is 29.6. The fourth-order valence-corrected chi connectivity index (χ4v) is 5.23. The maximum absolute atomic E-state index is 13.1. The maximum Gasteiger partial charge on any atom is 0.279 e. The largest absolute Gasteiger partial charge is 0.311 e. The number of hydrogen-bond acceptors (Lipinski definition) is 5. The zero-order valence-electron chi connectivity index (χ0n) is 16.4. The predicted molar refractivity (Wildman–Crippen MR) is 112 cm³/mol. The first-order valence-corrected chi connectivity index (χ1v) is 10.5. The van der Waals surface area contributed by atoms with Crippen LogP contribution in [0.4, 0.5) is 5.69 Å². The Labute approximate surface area is 167 Å². The van der Waals surface area contributed by atoms with Gasteiger partial charge in [-0.3, -0.25) is 9.59 Å². The highest BCUT2D eigenvalue weighted by molar-refractivity contribution is 7.18. The quantitative estimate of drug-likeness (QED) is 0.678. The van der Waals surface area contributed by atoms with E-state index >= 15 is 0 Å². The van der Waals surface area contributed by atoms with Crippen LogP contribution >= 0.6 is 11.3 Å². The summed E-state index contributed by atoms with van der Waals surface area (Å²) in [7, 11) is 0. The highest BCUT2D eigenvalue weighted by Gasteiger charge is 2.24. The van der Waals surface area contributed by atoms with Gasteiger partial charge in [0.15, 0.2) is 4.83 Å². The molecule has 6 nitrogen and oxygen atoms in total. The Morgan fingerprint density at radius 1 is 1.39 bits per heavy atom. The monoisotopic (exact) mass is 396 g/mol. The Hall–Kier alpha value is -2.54. The van der Waals surface area contributed by atoms with Gasteiger partial charge < -0.3 is 4.90 Å². The van der Waals surface area contributed by atoms with Crippen LogP contribution in [0, 0.1) is 12.8 Å². The van der Waals surface area contributed by atoms with Gasteiger partial charge in [-0.2, -0.15) is 0 Å². The first-order chi connectivity index (χ1) is 13.5. The first kappa shape index (κ1) is 18.8. The number of carbonyl (C=O) groups is 1. The lowest BCUT2D eigenvalue weighted by Gasteiger charge is -2.21. The van der Waals surface area contributed by atoms with Gasteiger partial charge in [-0.25, -0.2) is 4.68 Å². The molecule has 28 heavy (non-hydrogen) atoms. The topological polar surface area (TPSA) is 68.1 Å². The molecule has 0 aliphatic heterocycles. The van der Waals surface area contributed by atoms with E-state index < -0.39 is 0 Å². The molecule has 1 aliphatic rings. The van der Waals surface area contributed by atoms with E-state index in [-0.39, 0.29) is 18.0 Å². The molecule has 7 heteroatoms. The molecule has 1 aliphatic carbocycles. The van der Waals surface area contributed by atoms with Crippen LogP contribution in [0.3, 0.4) is 0 Å². The number of benzene rings is 1. The lowest BCUT2D eigenvalue weighted by atomic mass is 9.89. The van der Waals surface area contributed by atoms with Crippen molar-refractivity contribution in [2.75, 3.05) is 11.4 Å². The van der Waals surface area contributed by atoms with Gasteiger partial charge in [0, 0.05) is 17.1 Å². The SMILES string of the molecule is CCN(C(=O)Cn1nnc2sc3c(c2c1=O)CC[C@@H](C)C3)c1cccc(C)c1. The Bertz CT molecular complexity index is 1100. The van der Waals surface area contributed by atoms with E-state index in [4.69, 9.17) is 0 Å². The number of carbonyl (C=O) groups excluding carboxylic acids is 1. The molecule has 0 spiro atoms. The van der Waals surface area contributed by atoms with Crippen molar-refractivity contribution in [1.82, 2.24) is 15.0 Å². The van der Waals surface area contributed by atoms with E-state index in [1.54, 1.807) is 16.2 Å². The smallest absolute Gasteiger partial charge is 0.279 e. The number of fused-ring (bicyclic) bond motifs is 3. The third kappa shape index (κ3) is 3.35. The van der Waals surface area contributed by atoms with Crippen molar-refractivity contribution >= 4 is 33.1 Å². The molecule has 1 aromatic carbocycles. The molecule has 3 aromatic rings. The number of anilines is 1. The van der Waals surface area contributed by atoms with E-state index in [2.05, 4.69) is 17.2 Å². The number of thiophene rings is 1. The molecule has 0 radical (unpaired) electrons. The third-order valence-corrected chi connectivity index (χ3v) is 6.54. The summed E-state index contributed by atoms with van der Waals surface area (Å²) in [6.07, 6.45) is 2.97. The number of hydrogen-bond donors (Lipinski definition) is 0. The molecule has 0 fully saturated rings. The molecule has 1 atom stereocenters. The molecule has 0 saturated carbocycles. The van der Waals surface area contributed by atoms with Crippen LogP contribution in [0.2, 0.25) is 0 Å². The van der Waals surface area contributed by atoms with Crippen molar-refractivity contribution in [3.63, 3.8) is 0 Å². The van der Waals surface area contributed by atoms with Gasteiger partial charge in [-0.15, -0.1) is 16.4 Å². The number of rotatable bonds is 4. The van der Waals surface area contributed by atoms with Crippen LogP contribution < -0.4 is 10.5 Å². The van der Waals surface area contributed by atoms with Crippen molar-refractivity contribution in [3.8, 4) is 0 Å². The normalized spacial score (nSPS) is 16.2. The van der Waals surface area contributed by atoms with E-state index in [1.807, 2.05) is 38.1 Å². The highest BCUT2D eigenvalue weighted by Crippen LogP contribution is 2.35. The molecule has 0 bridgehead atoms. The summed E-state index contributed by atoms with van der Waals surface area (Å²) >= 11 is 1.57. The van der Waals surface area contributed by atoms with Gasteiger partial charge in [-0.1, -0.05) is 24.3 Å². The number of aromatic nitrogens is 3. The van der Waals surface area contributed by atoms with Gasteiger partial charge in [0.25, 0.3) is 5.56 Å². The number of aryl methyl sites for hydroxylation is 2. The molecule has 146 valence electrons. The number of amides is 1. The van der Waals surface area contributed by atoms with Crippen molar-refractivity contribution < 1.29 is 4.79 Å². The van der Waals surface area contributed by atoms with E-state index in [9.17, 15) is 9.59 Å². The van der Waals surface area contributed by atoms with E-state index in [1.165, 1.54) is 9.56 Å². The maximum atomic E-state index is 13.1. The Morgan fingerprint density at radius 3 is 2.96 bits per heavy atom. The van der Waals surface area contributed by atoms with Crippen molar-refractivity contribution in [1.29, 1.82) is 0 Å². The van der Waals surface area contributed by atoms with Crippen LogP contribution in [0.25, 0.3) is 10.2 Å². The number of nitrogens with zero attached hydrogens (tertiary/aromatic N) is 4. The lowest BCUT2D eigenvalue weighted by molar-refractivity contribution is -0.119. The van der Waals surface area contributed by atoms with Gasteiger partial charge in [-0.05, 0) is 62.3 Å². The predicted octanol–water partition coefficient (Wildman–Crippen LogP) is 3.34. The molecular weight excluding hydrogens is 372 g/mol. The van der Waals surface area contributed by atoms with Crippen LogP contribution in [0.5, 0.6) is 0 Å². The van der Waals surface area contributed by atoms with Crippen LogP contribution in [-0.2, 0) is 24.2 Å². The fraction of sp³-hybridized carbons (Fsp3) is 0.429. The average molecular weight is 397 g/mol. The summed E-state index contributed by atoms with van der Waals surface area (Å²) in [5.74, 6) is 0.464. The van der Waals surface area contributed by atoms with E-state index in [0.29, 0.717) is 22.7 Å². The summed E-state index contributed by atoms with van der Waals surface area (Å²) < 4.78 is 1.22. The van der Waals surface area contributed by atoms with Gasteiger partial charge >= 0.3 is 0 Å². The second-order valence-corrected chi connectivity index (χ2v) is 8.64. The van der Waals surface area contributed by atoms with Gasteiger partial charge in [0.2, 0.25) is 5.91 Å². The van der Waals surface area contributed by atoms with Crippen molar-refractivity contribution in [3.05, 3.63) is 50.6 Å². The van der Waals surface area contributed by atoms with Crippen molar-refractivity contribution in [2.24, 2.45) is 5.92 Å². The standard InChI is InChI=1S/C21H24N4O2S/c1-4-24(15-7-5-6-13(2)10-15)18(26)12-25-21(27)19-16-9-8-14(3)11-17(16)28-20(19)22-23-25/h5-7,10,14H,4,8-9,11-12H2,1-3H3/t14-/m1/s1. The third-order valence-electron chi connectivity index (χ3n) is 5.40. The highest BCUT2D eigenvalue weighted by atomic mass is 32.1. The molecule has 2 heterocycles. The van der Waals surface area contributed by atoms with Crippen LogP contribution in [-0.4, -0.2) is 27.4 Å². The summed E-state index contributed by atoms with van der Waals surface area (Å²) in [5.41, 5.74) is 2.83. The molecule has 1 amide bonds. The lowest BCUT2D eigenvalue weighted by Crippen LogP contribution is -2.37. The zero-order chi connectivity index (χ0) is 19.8. The number of likely N-dealkylation sites (N-methyl/N-ethyl adjacent to an activating group) is 1. The Morgan fingerprint density at radius 2 is 2.21 bits per heavy atom. The minimum absolute atomic E-state index is 0.107. The average Bonchev–Trinajstić information content (AvgIpc) is 3.03. The Kier molecular flexibility index (Phi) is 5.02. The Balaban J connectivity index is 1.67. The minimum Gasteiger partial charge on any atom is -0.311 e. The fourth-order valence-electron chi connectivity index (χ4n) is 3.91. The molecule has 4 rings (SSSR count). The zero-order valence-corrected chi connectivity index (χ0v) is 17.3. The van der Waals surface area contributed by atoms with Gasteiger partial charge in [0.1, 0.15) is 6.54 Å². The minimum atomic E-state index is -0.203. The van der Waals surface area contributed by atoms with E-state index in [0.717, 1.165) is 36.1 Å². The second-order valence-electron chi connectivity index (χ2n) is 7.56. The molecule has 2 aromatic heterocycles. The summed E-state index contributed by atoms with van der Waals surface area (Å²) in [6, 6.07) is 7.79. The van der Waals surface area contributed by atoms with Gasteiger partial charge in [0.05, 0.1) is 5.39 Å². The van der Waals surface area contributed by atoms with Crippen LogP contribution in [0.1, 0.15) is 36.3 Å². The summed E-state index contributed by atoms with van der Waals surface area (Å²) in [5, 5.41) is 8.97.